The lowest BCUT2D eigenvalue weighted by atomic mass is 10.2. The third-order valence-electron chi connectivity index (χ3n) is 4.26. The number of anilines is 2. The van der Waals surface area contributed by atoms with Crippen molar-refractivity contribution in [2.45, 2.75) is 20.3 Å². The van der Waals surface area contributed by atoms with Crippen molar-refractivity contribution in [1.82, 2.24) is 5.43 Å². The lowest BCUT2D eigenvalue weighted by molar-refractivity contribution is -0.136. The number of carbonyl (C=O) groups is 3. The van der Waals surface area contributed by atoms with E-state index >= 15 is 0 Å². The van der Waals surface area contributed by atoms with Crippen LogP contribution in [0.1, 0.15) is 18.9 Å². The number of benzene rings is 2. The number of hydrazone groups is 1. The van der Waals surface area contributed by atoms with E-state index in [0.29, 0.717) is 34.3 Å². The van der Waals surface area contributed by atoms with E-state index in [2.05, 4.69) is 21.2 Å². The smallest absolute Gasteiger partial charge is 0.329 e. The van der Waals surface area contributed by atoms with Crippen molar-refractivity contribution in [1.29, 1.82) is 0 Å². The minimum Gasteiger partial charge on any atom is -0.497 e. The molecule has 0 atom stereocenters. The third-order valence-corrected chi connectivity index (χ3v) is 4.26. The molecule has 0 radical (unpaired) electrons. The van der Waals surface area contributed by atoms with E-state index in [1.807, 2.05) is 13.0 Å². The van der Waals surface area contributed by atoms with Crippen LogP contribution in [-0.2, 0) is 14.4 Å². The fraction of sp³-hybridized carbons (Fsp3) is 0.273. The van der Waals surface area contributed by atoms with Crippen molar-refractivity contribution in [2.75, 3.05) is 32.0 Å². The minimum atomic E-state index is -0.981. The highest BCUT2D eigenvalue weighted by Crippen LogP contribution is 2.29. The highest BCUT2D eigenvalue weighted by atomic mass is 16.5. The van der Waals surface area contributed by atoms with Crippen molar-refractivity contribution < 1.29 is 28.6 Å². The molecule has 0 aliphatic rings. The molecule has 0 saturated carbocycles. The molecule has 32 heavy (non-hydrogen) atoms. The first-order chi connectivity index (χ1) is 15.3. The molecule has 10 nitrogen and oxygen atoms in total. The summed E-state index contributed by atoms with van der Waals surface area (Å²) in [5.74, 6) is -0.839. The van der Waals surface area contributed by atoms with Crippen molar-refractivity contribution in [3.05, 3.63) is 42.0 Å². The van der Waals surface area contributed by atoms with Crippen molar-refractivity contribution in [3.63, 3.8) is 0 Å². The van der Waals surface area contributed by atoms with E-state index in [-0.39, 0.29) is 12.3 Å². The van der Waals surface area contributed by atoms with Gasteiger partial charge in [0.15, 0.2) is 0 Å². The zero-order chi connectivity index (χ0) is 23.7. The van der Waals surface area contributed by atoms with E-state index in [1.54, 1.807) is 37.3 Å². The number of aryl methyl sites for hydroxylation is 1. The van der Waals surface area contributed by atoms with Gasteiger partial charge in [-0.05, 0) is 43.7 Å². The molecule has 3 N–H and O–H groups in total. The SMILES string of the molecule is COc1ccc(NC(=O)C/C(C)=N/NC(=O)C(=O)Nc2cc(C)ccc2OC)c(OC)c1. The number of nitrogens with zero attached hydrogens (tertiary/aromatic N) is 1. The second kappa shape index (κ2) is 11.3. The Morgan fingerprint density at radius 2 is 1.56 bits per heavy atom. The van der Waals surface area contributed by atoms with E-state index in [0.717, 1.165) is 5.56 Å². The molecule has 0 aliphatic carbocycles. The Balaban J connectivity index is 1.93. The lowest BCUT2D eigenvalue weighted by Crippen LogP contribution is -2.33. The minimum absolute atomic E-state index is 0.108. The van der Waals surface area contributed by atoms with Crippen LogP contribution in [0.2, 0.25) is 0 Å². The molecule has 3 amide bonds. The van der Waals surface area contributed by atoms with Crippen LogP contribution in [0.15, 0.2) is 41.5 Å². The molecule has 0 saturated heterocycles. The fourth-order valence-electron chi connectivity index (χ4n) is 2.66. The maximum atomic E-state index is 12.3. The third kappa shape index (κ3) is 6.73. The quantitative estimate of drug-likeness (QED) is 0.327. The van der Waals surface area contributed by atoms with Crippen LogP contribution in [0.25, 0.3) is 0 Å². The number of methoxy groups -OCH3 is 3. The van der Waals surface area contributed by atoms with Crippen LogP contribution in [0.4, 0.5) is 11.4 Å². The molecule has 0 fully saturated rings. The summed E-state index contributed by atoms with van der Waals surface area (Å²) in [6.45, 7) is 3.39. The summed E-state index contributed by atoms with van der Waals surface area (Å²) < 4.78 is 15.5. The van der Waals surface area contributed by atoms with Gasteiger partial charge in [-0.15, -0.1) is 0 Å². The molecular weight excluding hydrogens is 416 g/mol. The maximum Gasteiger partial charge on any atom is 0.329 e. The predicted molar refractivity (Wildman–Crippen MR) is 120 cm³/mol. The normalized spacial score (nSPS) is 10.7. The van der Waals surface area contributed by atoms with E-state index < -0.39 is 11.8 Å². The molecule has 0 aromatic heterocycles. The summed E-state index contributed by atoms with van der Waals surface area (Å²) in [4.78, 5) is 36.5. The molecule has 2 aromatic rings. The van der Waals surface area contributed by atoms with Crippen molar-refractivity contribution in [3.8, 4) is 17.2 Å². The molecule has 0 bridgehead atoms. The molecule has 170 valence electrons. The Bertz CT molecular complexity index is 1040. The van der Waals surface area contributed by atoms with E-state index in [1.165, 1.54) is 21.3 Å². The van der Waals surface area contributed by atoms with E-state index in [4.69, 9.17) is 14.2 Å². The average molecular weight is 442 g/mol. The van der Waals surface area contributed by atoms with Gasteiger partial charge in [-0.25, -0.2) is 5.43 Å². The lowest BCUT2D eigenvalue weighted by Gasteiger charge is -2.12. The van der Waals surface area contributed by atoms with Gasteiger partial charge in [-0.3, -0.25) is 14.4 Å². The predicted octanol–water partition coefficient (Wildman–Crippen LogP) is 2.48. The van der Waals surface area contributed by atoms with E-state index in [9.17, 15) is 14.4 Å². The maximum absolute atomic E-state index is 12.3. The first kappa shape index (κ1) is 24.2. The molecule has 0 aliphatic heterocycles. The van der Waals surface area contributed by atoms with Crippen molar-refractivity contribution >= 4 is 34.8 Å². The summed E-state index contributed by atoms with van der Waals surface area (Å²) in [6.07, 6.45) is -0.108. The van der Waals surface area contributed by atoms with Gasteiger partial charge in [-0.1, -0.05) is 6.07 Å². The first-order valence-corrected chi connectivity index (χ1v) is 9.58. The first-order valence-electron chi connectivity index (χ1n) is 9.58. The van der Waals surface area contributed by atoms with Crippen LogP contribution < -0.4 is 30.3 Å². The standard InChI is InChI=1S/C22H26N4O6/c1-13-6-9-18(31-4)17(10-13)24-21(28)22(29)26-25-14(2)11-20(27)23-16-8-7-15(30-3)12-19(16)32-5/h6-10,12H,11H2,1-5H3,(H,23,27)(H,24,28)(H,26,29)/b25-14+. The Kier molecular flexibility index (Phi) is 8.58. The molecule has 0 spiro atoms. The molecular formula is C22H26N4O6. The number of hydrogen-bond donors (Lipinski definition) is 3. The highest BCUT2D eigenvalue weighted by Gasteiger charge is 2.16. The van der Waals surface area contributed by atoms with Gasteiger partial charge in [0.1, 0.15) is 17.2 Å². The molecule has 2 aromatic carbocycles. The Labute approximate surface area is 185 Å². The second-order valence-corrected chi connectivity index (χ2v) is 6.74. The highest BCUT2D eigenvalue weighted by molar-refractivity contribution is 6.39. The van der Waals surface area contributed by atoms with Gasteiger partial charge in [0, 0.05) is 11.8 Å². The monoisotopic (exact) mass is 442 g/mol. The summed E-state index contributed by atoms with van der Waals surface area (Å²) in [6, 6.07) is 10.1. The number of hydrogen-bond acceptors (Lipinski definition) is 7. The van der Waals surface area contributed by atoms with Gasteiger partial charge in [0.2, 0.25) is 5.91 Å². The van der Waals surface area contributed by atoms with Gasteiger partial charge in [-0.2, -0.15) is 5.10 Å². The molecule has 10 heteroatoms. The zero-order valence-corrected chi connectivity index (χ0v) is 18.6. The number of carbonyl (C=O) groups excluding carboxylic acids is 3. The summed E-state index contributed by atoms with van der Waals surface area (Å²) in [5.41, 5.74) is 4.14. The fourth-order valence-corrected chi connectivity index (χ4v) is 2.66. The zero-order valence-electron chi connectivity index (χ0n) is 18.6. The number of nitrogens with one attached hydrogen (secondary N) is 3. The number of rotatable bonds is 8. The van der Waals surface area contributed by atoms with Crippen LogP contribution >= 0.6 is 0 Å². The Morgan fingerprint density at radius 3 is 2.22 bits per heavy atom. The van der Waals surface area contributed by atoms with Gasteiger partial charge < -0.3 is 24.8 Å². The van der Waals surface area contributed by atoms with Gasteiger partial charge >= 0.3 is 11.8 Å². The topological polar surface area (TPSA) is 127 Å². The van der Waals surface area contributed by atoms with Crippen LogP contribution in [-0.4, -0.2) is 44.8 Å². The van der Waals surface area contributed by atoms with Crippen molar-refractivity contribution in [2.24, 2.45) is 5.10 Å². The summed E-state index contributed by atoms with van der Waals surface area (Å²) in [5, 5.41) is 8.98. The molecule has 2 rings (SSSR count). The Morgan fingerprint density at radius 1 is 0.844 bits per heavy atom. The Hall–Kier alpha value is -4.08. The largest absolute Gasteiger partial charge is 0.497 e. The molecule has 0 heterocycles. The molecule has 0 unspecified atom stereocenters. The van der Waals surface area contributed by atoms with Crippen LogP contribution in [0.3, 0.4) is 0 Å². The van der Waals surface area contributed by atoms with Crippen LogP contribution in [0.5, 0.6) is 17.2 Å². The number of ether oxygens (including phenoxy) is 3. The summed E-state index contributed by atoms with van der Waals surface area (Å²) >= 11 is 0. The second-order valence-electron chi connectivity index (χ2n) is 6.74. The van der Waals surface area contributed by atoms with Gasteiger partial charge in [0.05, 0.1) is 39.1 Å². The summed E-state index contributed by atoms with van der Waals surface area (Å²) in [7, 11) is 4.46. The van der Waals surface area contributed by atoms with Gasteiger partial charge in [0.25, 0.3) is 0 Å². The van der Waals surface area contributed by atoms with Crippen LogP contribution in [0, 0.1) is 6.92 Å². The number of amides is 3. The average Bonchev–Trinajstić information content (AvgIpc) is 2.77.